The second-order valence-corrected chi connectivity index (χ2v) is 12.4. The lowest BCUT2D eigenvalue weighted by Gasteiger charge is -2.33. The van der Waals surface area contributed by atoms with E-state index in [1.54, 1.807) is 23.4 Å². The van der Waals surface area contributed by atoms with Gasteiger partial charge in [-0.25, -0.2) is 18.4 Å². The van der Waals surface area contributed by atoms with Gasteiger partial charge in [-0.05, 0) is 68.2 Å². The predicted molar refractivity (Wildman–Crippen MR) is 136 cm³/mol. The van der Waals surface area contributed by atoms with Crippen molar-refractivity contribution < 1.29 is 23.0 Å². The van der Waals surface area contributed by atoms with Gasteiger partial charge in [0.2, 0.25) is 16.0 Å². The lowest BCUT2D eigenvalue weighted by Crippen LogP contribution is -2.39. The summed E-state index contributed by atoms with van der Waals surface area (Å²) in [5.74, 6) is 0.908. The molecular formula is C26H37F3N4O2S. The van der Waals surface area contributed by atoms with E-state index in [0.29, 0.717) is 49.0 Å². The third-order valence-corrected chi connectivity index (χ3v) is 9.53. The molecule has 0 bridgehead atoms. The molecule has 1 aromatic heterocycles. The third kappa shape index (κ3) is 5.85. The summed E-state index contributed by atoms with van der Waals surface area (Å²) >= 11 is 0. The highest BCUT2D eigenvalue weighted by Crippen LogP contribution is 2.40. The highest BCUT2D eigenvalue weighted by atomic mass is 32.2. The molecule has 1 saturated heterocycles. The van der Waals surface area contributed by atoms with Gasteiger partial charge in [0.1, 0.15) is 0 Å². The van der Waals surface area contributed by atoms with Gasteiger partial charge in [0.15, 0.2) is 0 Å². The minimum atomic E-state index is -4.51. The molecule has 0 spiro atoms. The van der Waals surface area contributed by atoms with Gasteiger partial charge in [-0.2, -0.15) is 17.5 Å². The first kappa shape index (κ1) is 26.9. The van der Waals surface area contributed by atoms with Crippen LogP contribution >= 0.6 is 0 Å². The molecule has 2 aliphatic rings. The van der Waals surface area contributed by atoms with Gasteiger partial charge in [-0.3, -0.25) is 0 Å². The minimum absolute atomic E-state index is 0. The van der Waals surface area contributed by atoms with E-state index in [9.17, 15) is 21.6 Å². The van der Waals surface area contributed by atoms with Crippen molar-refractivity contribution in [1.29, 1.82) is 0 Å². The Morgan fingerprint density at radius 1 is 1.08 bits per heavy atom. The van der Waals surface area contributed by atoms with E-state index in [1.807, 2.05) is 0 Å². The van der Waals surface area contributed by atoms with E-state index >= 15 is 0 Å². The molecule has 0 unspecified atom stereocenters. The summed E-state index contributed by atoms with van der Waals surface area (Å²) in [6.45, 7) is 7.12. The number of alkyl halides is 3. The van der Waals surface area contributed by atoms with E-state index < -0.39 is 21.8 Å². The Bertz CT molecular complexity index is 1180. The lowest BCUT2D eigenvalue weighted by molar-refractivity contribution is -0.139. The molecule has 4 rings (SSSR count). The number of sulfonamides is 1. The average molecular weight is 527 g/mol. The normalized spacial score (nSPS) is 19.1. The van der Waals surface area contributed by atoms with Gasteiger partial charge < -0.3 is 5.32 Å². The second-order valence-electron chi connectivity index (χ2n) is 10.4. The molecule has 1 aliphatic carbocycles. The van der Waals surface area contributed by atoms with Crippen molar-refractivity contribution in [3.8, 4) is 0 Å². The number of nitrogens with zero attached hydrogens (tertiary/aromatic N) is 3. The van der Waals surface area contributed by atoms with Crippen molar-refractivity contribution in [1.82, 2.24) is 14.3 Å². The van der Waals surface area contributed by atoms with Crippen molar-refractivity contribution in [3.63, 3.8) is 0 Å². The number of halogens is 3. The summed E-state index contributed by atoms with van der Waals surface area (Å²) < 4.78 is 68.9. The van der Waals surface area contributed by atoms with Crippen LogP contribution in [0.4, 0.5) is 24.8 Å². The molecule has 200 valence electrons. The summed E-state index contributed by atoms with van der Waals surface area (Å²) in [6, 6.07) is 4.76. The summed E-state index contributed by atoms with van der Waals surface area (Å²) in [5, 5.41) is 3.01. The monoisotopic (exact) mass is 526 g/mol. The number of anilines is 2. The van der Waals surface area contributed by atoms with Crippen LogP contribution in [0.1, 0.15) is 83.0 Å². The third-order valence-electron chi connectivity index (χ3n) is 7.64. The Kier molecular flexibility index (Phi) is 7.95. The van der Waals surface area contributed by atoms with Gasteiger partial charge in [0.05, 0.1) is 16.2 Å². The molecular weight excluding hydrogens is 489 g/mol. The Balaban J connectivity index is 0.00000380. The second kappa shape index (κ2) is 10.7. The van der Waals surface area contributed by atoms with E-state index in [-0.39, 0.29) is 23.9 Å². The van der Waals surface area contributed by atoms with E-state index in [2.05, 4.69) is 29.1 Å². The van der Waals surface area contributed by atoms with E-state index in [4.69, 9.17) is 0 Å². The highest BCUT2D eigenvalue weighted by molar-refractivity contribution is 7.89. The van der Waals surface area contributed by atoms with Gasteiger partial charge in [-0.15, -0.1) is 0 Å². The quantitative estimate of drug-likeness (QED) is 0.443. The maximum atomic E-state index is 13.6. The van der Waals surface area contributed by atoms with Crippen LogP contribution in [0.15, 0.2) is 29.3 Å². The van der Waals surface area contributed by atoms with Crippen molar-refractivity contribution in [2.45, 2.75) is 82.7 Å². The predicted octanol–water partition coefficient (Wildman–Crippen LogP) is 6.90. The van der Waals surface area contributed by atoms with Crippen LogP contribution in [0.25, 0.3) is 0 Å². The molecule has 1 N–H and O–H groups in total. The maximum Gasteiger partial charge on any atom is 0.419 e. The summed E-state index contributed by atoms with van der Waals surface area (Å²) in [4.78, 5) is 8.44. The van der Waals surface area contributed by atoms with Gasteiger partial charge in [0, 0.05) is 32.3 Å². The van der Waals surface area contributed by atoms with E-state index in [1.165, 1.54) is 6.07 Å². The van der Waals surface area contributed by atoms with Crippen molar-refractivity contribution in [2.75, 3.05) is 18.4 Å². The highest BCUT2D eigenvalue weighted by Gasteiger charge is 2.37. The topological polar surface area (TPSA) is 75.2 Å². The fraction of sp³-hybridized carbons (Fsp3) is 0.615. The Morgan fingerprint density at radius 3 is 2.33 bits per heavy atom. The number of piperidine rings is 1. The fourth-order valence-corrected chi connectivity index (χ4v) is 6.91. The molecule has 6 nitrogen and oxygen atoms in total. The SMILES string of the molecule is Cc1cc(S(=O)(=O)N2CCC(C(C)C)CC2)ccc1Nc1ncc(C(F)(F)F)c(C2CCCCC2)n1.[HH]. The molecule has 2 aromatic rings. The van der Waals surface area contributed by atoms with Gasteiger partial charge in [-0.1, -0.05) is 33.1 Å². The molecule has 10 heteroatoms. The van der Waals surface area contributed by atoms with Crippen molar-refractivity contribution in [2.24, 2.45) is 11.8 Å². The minimum Gasteiger partial charge on any atom is -0.324 e. The standard InChI is InChI=1S/C26H35F3N4O2S.H2/c1-17(2)19-11-13-33(14-12-19)36(34,35)21-9-10-23(18(3)15-21)31-25-30-16-22(26(27,28)29)24(32-25)20-7-5-4-6-8-20;/h9-10,15-17,19-20H,4-8,11-14H2,1-3H3,(H,30,31,32);1H. The average Bonchev–Trinajstić information content (AvgIpc) is 2.85. The molecule has 1 saturated carbocycles. The number of benzene rings is 1. The molecule has 1 aliphatic heterocycles. The molecule has 0 atom stereocenters. The first-order valence-corrected chi connectivity index (χ1v) is 14.2. The van der Waals surface area contributed by atoms with Crippen LogP contribution in [0.2, 0.25) is 0 Å². The molecule has 0 radical (unpaired) electrons. The van der Waals surface area contributed by atoms with Crippen molar-refractivity contribution in [3.05, 3.63) is 41.2 Å². The summed E-state index contributed by atoms with van der Waals surface area (Å²) in [6.07, 6.45) is 2.21. The zero-order valence-electron chi connectivity index (χ0n) is 21.1. The number of aromatic nitrogens is 2. The Labute approximate surface area is 213 Å². The first-order valence-electron chi connectivity index (χ1n) is 12.8. The number of nitrogens with one attached hydrogen (secondary N) is 1. The first-order chi connectivity index (χ1) is 17.0. The van der Waals surface area contributed by atoms with Crippen LogP contribution in [0.5, 0.6) is 0 Å². The smallest absolute Gasteiger partial charge is 0.324 e. The van der Waals surface area contributed by atoms with Crippen LogP contribution < -0.4 is 5.32 Å². The van der Waals surface area contributed by atoms with Crippen LogP contribution in [-0.4, -0.2) is 35.8 Å². The van der Waals surface area contributed by atoms with Gasteiger partial charge >= 0.3 is 6.18 Å². The summed E-state index contributed by atoms with van der Waals surface area (Å²) in [5.41, 5.74) is 0.471. The molecule has 36 heavy (non-hydrogen) atoms. The lowest BCUT2D eigenvalue weighted by atomic mass is 9.85. The van der Waals surface area contributed by atoms with Crippen LogP contribution in [0.3, 0.4) is 0 Å². The number of hydrogen-bond donors (Lipinski definition) is 1. The van der Waals surface area contributed by atoms with Crippen molar-refractivity contribution >= 4 is 21.7 Å². The Hall–Kier alpha value is -2.20. The number of hydrogen-bond acceptors (Lipinski definition) is 5. The van der Waals surface area contributed by atoms with E-state index in [0.717, 1.165) is 38.3 Å². The molecule has 2 fully saturated rings. The zero-order chi connectivity index (χ0) is 26.1. The zero-order valence-corrected chi connectivity index (χ0v) is 21.9. The molecule has 2 heterocycles. The van der Waals surface area contributed by atoms with Gasteiger partial charge in [0.25, 0.3) is 0 Å². The fourth-order valence-electron chi connectivity index (χ4n) is 5.35. The number of aryl methyl sites for hydroxylation is 1. The Morgan fingerprint density at radius 2 is 1.75 bits per heavy atom. The van der Waals surface area contributed by atoms with Crippen LogP contribution in [-0.2, 0) is 16.2 Å². The molecule has 1 aromatic carbocycles. The maximum absolute atomic E-state index is 13.6. The largest absolute Gasteiger partial charge is 0.419 e. The molecule has 0 amide bonds. The summed E-state index contributed by atoms with van der Waals surface area (Å²) in [7, 11) is -3.62. The number of rotatable bonds is 6. The van der Waals surface area contributed by atoms with Crippen LogP contribution in [0, 0.1) is 18.8 Å².